The van der Waals surface area contributed by atoms with Gasteiger partial charge in [0.15, 0.2) is 11.9 Å². The SMILES string of the molecule is CC(C)c1nccnc1NC(=O)C1Cc2ccccc2O1. The van der Waals surface area contributed by atoms with Crippen LogP contribution in [0.1, 0.15) is 31.0 Å². The lowest BCUT2D eigenvalue weighted by atomic mass is 10.1. The number of ether oxygens (including phenoxy) is 1. The monoisotopic (exact) mass is 283 g/mol. The molecular formula is C16H17N3O2. The second-order valence-corrected chi connectivity index (χ2v) is 5.35. The molecule has 0 spiro atoms. The van der Waals surface area contributed by atoms with E-state index in [4.69, 9.17) is 4.74 Å². The third-order valence-electron chi connectivity index (χ3n) is 3.45. The average molecular weight is 283 g/mol. The standard InChI is InChI=1S/C16H17N3O2/c1-10(2)14-15(18-8-7-17-14)19-16(20)13-9-11-5-3-4-6-12(11)21-13/h3-8,10,13H,9H2,1-2H3,(H,18,19,20). The maximum Gasteiger partial charge on any atom is 0.266 e. The molecule has 1 aliphatic heterocycles. The molecule has 0 bridgehead atoms. The molecule has 1 N–H and O–H groups in total. The summed E-state index contributed by atoms with van der Waals surface area (Å²) in [5, 5.41) is 2.83. The van der Waals surface area contributed by atoms with Crippen molar-refractivity contribution in [2.75, 3.05) is 5.32 Å². The molecule has 1 aromatic carbocycles. The number of nitrogens with one attached hydrogen (secondary N) is 1. The fourth-order valence-corrected chi connectivity index (χ4v) is 2.39. The normalized spacial score (nSPS) is 16.4. The Balaban J connectivity index is 1.74. The lowest BCUT2D eigenvalue weighted by Crippen LogP contribution is -2.32. The summed E-state index contributed by atoms with van der Waals surface area (Å²) in [6, 6.07) is 7.70. The van der Waals surface area contributed by atoms with Gasteiger partial charge in [-0.2, -0.15) is 0 Å². The highest BCUT2D eigenvalue weighted by Gasteiger charge is 2.29. The molecule has 2 aromatic rings. The number of carbonyl (C=O) groups is 1. The Morgan fingerprint density at radius 3 is 2.81 bits per heavy atom. The van der Waals surface area contributed by atoms with Gasteiger partial charge in [-0.15, -0.1) is 0 Å². The minimum atomic E-state index is -0.510. The minimum absolute atomic E-state index is 0.186. The fraction of sp³-hybridized carbons (Fsp3) is 0.312. The van der Waals surface area contributed by atoms with E-state index in [0.717, 1.165) is 17.0 Å². The number of benzene rings is 1. The van der Waals surface area contributed by atoms with Crippen molar-refractivity contribution in [3.63, 3.8) is 0 Å². The molecule has 1 amide bonds. The van der Waals surface area contributed by atoms with Crippen molar-refractivity contribution in [3.05, 3.63) is 47.9 Å². The molecule has 0 saturated carbocycles. The summed E-state index contributed by atoms with van der Waals surface area (Å²) in [6.45, 7) is 4.03. The number of aromatic nitrogens is 2. The maximum atomic E-state index is 12.4. The summed E-state index contributed by atoms with van der Waals surface area (Å²) in [5.41, 5.74) is 1.84. The Kier molecular flexibility index (Phi) is 3.56. The summed E-state index contributed by atoms with van der Waals surface area (Å²) in [4.78, 5) is 20.8. The van der Waals surface area contributed by atoms with Crippen LogP contribution < -0.4 is 10.1 Å². The lowest BCUT2D eigenvalue weighted by molar-refractivity contribution is -0.122. The molecular weight excluding hydrogens is 266 g/mol. The zero-order valence-corrected chi connectivity index (χ0v) is 12.0. The summed E-state index contributed by atoms with van der Waals surface area (Å²) in [6.07, 6.45) is 3.28. The van der Waals surface area contributed by atoms with Gasteiger partial charge in [0.25, 0.3) is 5.91 Å². The number of hydrogen-bond acceptors (Lipinski definition) is 4. The van der Waals surface area contributed by atoms with Crippen LogP contribution in [0.15, 0.2) is 36.7 Å². The highest BCUT2D eigenvalue weighted by Crippen LogP contribution is 2.29. The van der Waals surface area contributed by atoms with Gasteiger partial charge in [0.1, 0.15) is 5.75 Å². The number of anilines is 1. The highest BCUT2D eigenvalue weighted by atomic mass is 16.5. The van der Waals surface area contributed by atoms with Gasteiger partial charge < -0.3 is 10.1 Å². The second-order valence-electron chi connectivity index (χ2n) is 5.35. The molecule has 0 saturated heterocycles. The third kappa shape index (κ3) is 2.72. The summed E-state index contributed by atoms with van der Waals surface area (Å²) in [5.74, 6) is 1.29. The molecule has 1 aliphatic rings. The first-order chi connectivity index (χ1) is 10.1. The molecule has 108 valence electrons. The number of para-hydroxylation sites is 1. The van der Waals surface area contributed by atoms with E-state index in [2.05, 4.69) is 15.3 Å². The molecule has 5 nitrogen and oxygen atoms in total. The highest BCUT2D eigenvalue weighted by molar-refractivity contribution is 5.94. The predicted molar refractivity (Wildman–Crippen MR) is 79.3 cm³/mol. The Hall–Kier alpha value is -2.43. The van der Waals surface area contributed by atoms with Crippen LogP contribution in [-0.4, -0.2) is 22.0 Å². The number of fused-ring (bicyclic) bond motifs is 1. The van der Waals surface area contributed by atoms with Crippen molar-refractivity contribution < 1.29 is 9.53 Å². The van der Waals surface area contributed by atoms with E-state index in [-0.39, 0.29) is 11.8 Å². The Labute approximate surface area is 123 Å². The third-order valence-corrected chi connectivity index (χ3v) is 3.45. The number of hydrogen-bond donors (Lipinski definition) is 1. The Bertz CT molecular complexity index is 645. The van der Waals surface area contributed by atoms with Crippen LogP contribution in [-0.2, 0) is 11.2 Å². The number of amides is 1. The first-order valence-electron chi connectivity index (χ1n) is 7.01. The van der Waals surface area contributed by atoms with Crippen LogP contribution in [0.3, 0.4) is 0 Å². The Morgan fingerprint density at radius 1 is 1.29 bits per heavy atom. The molecule has 1 aromatic heterocycles. The molecule has 0 fully saturated rings. The van der Waals surface area contributed by atoms with Crippen LogP contribution in [0.5, 0.6) is 5.75 Å². The number of nitrogens with zero attached hydrogens (tertiary/aromatic N) is 2. The first-order valence-corrected chi connectivity index (χ1v) is 7.01. The van der Waals surface area contributed by atoms with Crippen LogP contribution >= 0.6 is 0 Å². The van der Waals surface area contributed by atoms with Gasteiger partial charge in [0.05, 0.1) is 5.69 Å². The van der Waals surface area contributed by atoms with E-state index in [9.17, 15) is 4.79 Å². The summed E-state index contributed by atoms with van der Waals surface area (Å²) >= 11 is 0. The van der Waals surface area contributed by atoms with Gasteiger partial charge in [0, 0.05) is 18.8 Å². The summed E-state index contributed by atoms with van der Waals surface area (Å²) < 4.78 is 5.68. The molecule has 1 unspecified atom stereocenters. The van der Waals surface area contributed by atoms with Crippen LogP contribution in [0.25, 0.3) is 0 Å². The van der Waals surface area contributed by atoms with Crippen LogP contribution in [0.2, 0.25) is 0 Å². The predicted octanol–water partition coefficient (Wildman–Crippen LogP) is 2.54. The van der Waals surface area contributed by atoms with E-state index in [0.29, 0.717) is 12.2 Å². The van der Waals surface area contributed by atoms with E-state index >= 15 is 0 Å². The van der Waals surface area contributed by atoms with E-state index < -0.39 is 6.10 Å². The van der Waals surface area contributed by atoms with Gasteiger partial charge in [-0.25, -0.2) is 4.98 Å². The van der Waals surface area contributed by atoms with Crippen molar-refractivity contribution in [3.8, 4) is 5.75 Å². The zero-order chi connectivity index (χ0) is 14.8. The van der Waals surface area contributed by atoms with Gasteiger partial charge in [0.2, 0.25) is 0 Å². The van der Waals surface area contributed by atoms with Crippen molar-refractivity contribution in [2.45, 2.75) is 32.3 Å². The lowest BCUT2D eigenvalue weighted by Gasteiger charge is -2.14. The smallest absolute Gasteiger partial charge is 0.266 e. The molecule has 21 heavy (non-hydrogen) atoms. The molecule has 3 rings (SSSR count). The van der Waals surface area contributed by atoms with Gasteiger partial charge in [-0.1, -0.05) is 32.0 Å². The van der Waals surface area contributed by atoms with Crippen LogP contribution in [0, 0.1) is 0 Å². The number of rotatable bonds is 3. The van der Waals surface area contributed by atoms with Crippen molar-refractivity contribution in [1.29, 1.82) is 0 Å². The fourth-order valence-electron chi connectivity index (χ4n) is 2.39. The quantitative estimate of drug-likeness (QED) is 0.940. The van der Waals surface area contributed by atoms with Gasteiger partial charge in [-0.3, -0.25) is 9.78 Å². The minimum Gasteiger partial charge on any atom is -0.480 e. The van der Waals surface area contributed by atoms with Gasteiger partial charge >= 0.3 is 0 Å². The summed E-state index contributed by atoms with van der Waals surface area (Å²) in [7, 11) is 0. The van der Waals surface area contributed by atoms with Crippen molar-refractivity contribution in [1.82, 2.24) is 9.97 Å². The van der Waals surface area contributed by atoms with E-state index in [1.807, 2.05) is 38.1 Å². The van der Waals surface area contributed by atoms with Gasteiger partial charge in [-0.05, 0) is 17.5 Å². The molecule has 5 heteroatoms. The number of carbonyl (C=O) groups excluding carboxylic acids is 1. The topological polar surface area (TPSA) is 64.1 Å². The first kappa shape index (κ1) is 13.5. The largest absolute Gasteiger partial charge is 0.480 e. The molecule has 2 heterocycles. The van der Waals surface area contributed by atoms with E-state index in [1.165, 1.54) is 0 Å². The molecule has 1 atom stereocenters. The average Bonchev–Trinajstić information content (AvgIpc) is 2.91. The maximum absolute atomic E-state index is 12.4. The molecule has 0 radical (unpaired) electrons. The van der Waals surface area contributed by atoms with Crippen molar-refractivity contribution >= 4 is 11.7 Å². The zero-order valence-electron chi connectivity index (χ0n) is 12.0. The van der Waals surface area contributed by atoms with Crippen molar-refractivity contribution in [2.24, 2.45) is 0 Å². The Morgan fingerprint density at radius 2 is 2.05 bits per heavy atom. The van der Waals surface area contributed by atoms with E-state index in [1.54, 1.807) is 12.4 Å². The molecule has 0 aliphatic carbocycles. The second kappa shape index (κ2) is 5.52. The van der Waals surface area contributed by atoms with Crippen LogP contribution in [0.4, 0.5) is 5.82 Å².